The molecule has 1 aromatic carbocycles. The molecule has 2 heterocycles. The Hall–Kier alpha value is -2.82. The van der Waals surface area contributed by atoms with E-state index in [1.807, 2.05) is 42.6 Å². The van der Waals surface area contributed by atoms with Gasteiger partial charge in [0.05, 0.1) is 18.1 Å². The maximum absolute atomic E-state index is 4.32. The van der Waals surface area contributed by atoms with E-state index in [0.29, 0.717) is 5.82 Å². The quantitative estimate of drug-likeness (QED) is 0.588. The smallest absolute Gasteiger partial charge is 0.176 e. The summed E-state index contributed by atoms with van der Waals surface area (Å²) in [6, 6.07) is 11.9. The van der Waals surface area contributed by atoms with Crippen molar-refractivity contribution in [1.29, 1.82) is 0 Å². The van der Waals surface area contributed by atoms with Crippen LogP contribution in [0.15, 0.2) is 53.9 Å². The SMILES string of the molecule is CCc1ccc(C=NNc2nncc3ccccc23)nc1. The fraction of sp³-hybridized carbons (Fsp3) is 0.125. The molecule has 5 heteroatoms. The minimum absolute atomic E-state index is 0.634. The number of anilines is 1. The number of hydrazone groups is 1. The van der Waals surface area contributed by atoms with Crippen LogP contribution in [0.2, 0.25) is 0 Å². The Bertz CT molecular complexity index is 760. The van der Waals surface area contributed by atoms with E-state index in [-0.39, 0.29) is 0 Å². The highest BCUT2D eigenvalue weighted by molar-refractivity contribution is 5.91. The molecule has 0 saturated heterocycles. The molecule has 2 aromatic heterocycles. The van der Waals surface area contributed by atoms with Crippen molar-refractivity contribution in [3.05, 3.63) is 60.0 Å². The van der Waals surface area contributed by atoms with Gasteiger partial charge in [-0.3, -0.25) is 10.4 Å². The summed E-state index contributed by atoms with van der Waals surface area (Å²) in [6.07, 6.45) is 6.24. The summed E-state index contributed by atoms with van der Waals surface area (Å²) < 4.78 is 0. The van der Waals surface area contributed by atoms with E-state index < -0.39 is 0 Å². The number of nitrogens with one attached hydrogen (secondary N) is 1. The predicted octanol–water partition coefficient (Wildman–Crippen LogP) is 3.03. The largest absolute Gasteiger partial charge is 0.259 e. The number of nitrogens with zero attached hydrogens (tertiary/aromatic N) is 4. The number of hydrogen-bond acceptors (Lipinski definition) is 5. The van der Waals surface area contributed by atoms with Gasteiger partial charge in [0, 0.05) is 17.0 Å². The first kappa shape index (κ1) is 13.2. The Kier molecular flexibility index (Phi) is 3.82. The van der Waals surface area contributed by atoms with Gasteiger partial charge in [-0.25, -0.2) is 0 Å². The Labute approximate surface area is 122 Å². The van der Waals surface area contributed by atoms with Crippen molar-refractivity contribution >= 4 is 22.8 Å². The second-order valence-corrected chi connectivity index (χ2v) is 4.60. The van der Waals surface area contributed by atoms with Crippen molar-refractivity contribution in [1.82, 2.24) is 15.2 Å². The van der Waals surface area contributed by atoms with Gasteiger partial charge in [-0.2, -0.15) is 10.2 Å². The molecule has 3 aromatic rings. The summed E-state index contributed by atoms with van der Waals surface area (Å²) in [5.74, 6) is 0.634. The van der Waals surface area contributed by atoms with E-state index in [9.17, 15) is 0 Å². The molecule has 0 amide bonds. The molecule has 0 bridgehead atoms. The van der Waals surface area contributed by atoms with Crippen molar-refractivity contribution in [3.63, 3.8) is 0 Å². The van der Waals surface area contributed by atoms with Crippen LogP contribution in [-0.2, 0) is 6.42 Å². The molecule has 0 aliphatic carbocycles. The second-order valence-electron chi connectivity index (χ2n) is 4.60. The van der Waals surface area contributed by atoms with Gasteiger partial charge in [0.1, 0.15) is 0 Å². The highest BCUT2D eigenvalue weighted by Gasteiger charge is 2.00. The summed E-state index contributed by atoms with van der Waals surface area (Å²) in [7, 11) is 0. The lowest BCUT2D eigenvalue weighted by atomic mass is 10.2. The first-order valence-electron chi connectivity index (χ1n) is 6.81. The van der Waals surface area contributed by atoms with Crippen molar-refractivity contribution in [2.75, 3.05) is 5.43 Å². The minimum atomic E-state index is 0.634. The van der Waals surface area contributed by atoms with Crippen LogP contribution in [0.3, 0.4) is 0 Å². The molecular weight excluding hydrogens is 262 g/mol. The highest BCUT2D eigenvalue weighted by Crippen LogP contribution is 2.18. The summed E-state index contributed by atoms with van der Waals surface area (Å²) in [5.41, 5.74) is 4.93. The Morgan fingerprint density at radius 2 is 2.05 bits per heavy atom. The Balaban J connectivity index is 1.78. The van der Waals surface area contributed by atoms with E-state index in [4.69, 9.17) is 0 Å². The van der Waals surface area contributed by atoms with E-state index in [1.54, 1.807) is 12.4 Å². The highest BCUT2D eigenvalue weighted by atomic mass is 15.3. The first-order valence-corrected chi connectivity index (χ1v) is 6.81. The number of pyridine rings is 1. The monoisotopic (exact) mass is 277 g/mol. The molecule has 1 N–H and O–H groups in total. The molecule has 0 radical (unpaired) electrons. The number of benzene rings is 1. The topological polar surface area (TPSA) is 63.1 Å². The van der Waals surface area contributed by atoms with E-state index in [2.05, 4.69) is 32.6 Å². The van der Waals surface area contributed by atoms with Crippen LogP contribution in [0.4, 0.5) is 5.82 Å². The standard InChI is InChI=1S/C16H15N5/c1-2-12-7-8-14(17-9-12)11-19-21-16-15-6-4-3-5-13(15)10-18-20-16/h3-11H,2H2,1H3,(H,20,21). The fourth-order valence-corrected chi connectivity index (χ4v) is 1.99. The predicted molar refractivity (Wildman–Crippen MR) is 84.4 cm³/mol. The average molecular weight is 277 g/mol. The molecule has 3 rings (SSSR count). The molecule has 0 atom stereocenters. The molecule has 0 unspecified atom stereocenters. The zero-order valence-corrected chi connectivity index (χ0v) is 11.7. The number of rotatable bonds is 4. The lowest BCUT2D eigenvalue weighted by Gasteiger charge is -2.02. The van der Waals surface area contributed by atoms with Gasteiger partial charge in [0.15, 0.2) is 5.82 Å². The second kappa shape index (κ2) is 6.09. The van der Waals surface area contributed by atoms with Crippen LogP contribution in [0.1, 0.15) is 18.2 Å². The molecule has 0 saturated carbocycles. The fourth-order valence-electron chi connectivity index (χ4n) is 1.99. The lowest BCUT2D eigenvalue weighted by Crippen LogP contribution is -1.97. The summed E-state index contributed by atoms with van der Waals surface area (Å²) in [6.45, 7) is 2.10. The summed E-state index contributed by atoms with van der Waals surface area (Å²) in [5, 5.41) is 14.2. The molecule has 0 spiro atoms. The maximum atomic E-state index is 4.32. The minimum Gasteiger partial charge on any atom is -0.259 e. The van der Waals surface area contributed by atoms with Gasteiger partial charge >= 0.3 is 0 Å². The van der Waals surface area contributed by atoms with Crippen molar-refractivity contribution in [2.45, 2.75) is 13.3 Å². The zero-order chi connectivity index (χ0) is 14.5. The van der Waals surface area contributed by atoms with Crippen LogP contribution >= 0.6 is 0 Å². The van der Waals surface area contributed by atoms with Gasteiger partial charge in [-0.05, 0) is 18.1 Å². The first-order chi connectivity index (χ1) is 10.4. The van der Waals surface area contributed by atoms with Crippen LogP contribution in [-0.4, -0.2) is 21.4 Å². The third-order valence-corrected chi connectivity index (χ3v) is 3.19. The van der Waals surface area contributed by atoms with Gasteiger partial charge in [0.25, 0.3) is 0 Å². The van der Waals surface area contributed by atoms with Gasteiger partial charge in [-0.15, -0.1) is 5.10 Å². The van der Waals surface area contributed by atoms with Gasteiger partial charge < -0.3 is 0 Å². The third-order valence-electron chi connectivity index (χ3n) is 3.19. The summed E-state index contributed by atoms with van der Waals surface area (Å²) >= 11 is 0. The van der Waals surface area contributed by atoms with Crippen LogP contribution in [0, 0.1) is 0 Å². The average Bonchev–Trinajstić information content (AvgIpc) is 2.56. The normalized spacial score (nSPS) is 11.1. The maximum Gasteiger partial charge on any atom is 0.176 e. The zero-order valence-electron chi connectivity index (χ0n) is 11.7. The van der Waals surface area contributed by atoms with Crippen molar-refractivity contribution in [3.8, 4) is 0 Å². The van der Waals surface area contributed by atoms with Gasteiger partial charge in [-0.1, -0.05) is 37.3 Å². The van der Waals surface area contributed by atoms with E-state index >= 15 is 0 Å². The van der Waals surface area contributed by atoms with Crippen LogP contribution in [0.5, 0.6) is 0 Å². The molecule has 21 heavy (non-hydrogen) atoms. The Morgan fingerprint density at radius 1 is 1.14 bits per heavy atom. The third kappa shape index (κ3) is 3.02. The molecule has 0 aliphatic heterocycles. The van der Waals surface area contributed by atoms with Crippen LogP contribution in [0.25, 0.3) is 10.8 Å². The number of hydrogen-bond donors (Lipinski definition) is 1. The Morgan fingerprint density at radius 3 is 2.86 bits per heavy atom. The number of fused-ring (bicyclic) bond motifs is 1. The van der Waals surface area contributed by atoms with Crippen molar-refractivity contribution < 1.29 is 0 Å². The number of aromatic nitrogens is 3. The van der Waals surface area contributed by atoms with Gasteiger partial charge in [0.2, 0.25) is 0 Å². The van der Waals surface area contributed by atoms with Crippen LogP contribution < -0.4 is 5.43 Å². The number of aryl methyl sites for hydroxylation is 1. The molecule has 5 nitrogen and oxygen atoms in total. The lowest BCUT2D eigenvalue weighted by molar-refractivity contribution is 1.04. The molecule has 0 fully saturated rings. The molecule has 0 aliphatic rings. The van der Waals surface area contributed by atoms with E-state index in [1.165, 1.54) is 5.56 Å². The molecule has 104 valence electrons. The summed E-state index contributed by atoms with van der Waals surface area (Å²) in [4.78, 5) is 4.32. The van der Waals surface area contributed by atoms with Crippen molar-refractivity contribution in [2.24, 2.45) is 5.10 Å². The van der Waals surface area contributed by atoms with E-state index in [0.717, 1.165) is 22.9 Å². The molecular formula is C16H15N5.